The van der Waals surface area contributed by atoms with Gasteiger partial charge >= 0.3 is 0 Å². The molecule has 0 spiro atoms. The van der Waals surface area contributed by atoms with Crippen molar-refractivity contribution in [2.75, 3.05) is 6.54 Å². The summed E-state index contributed by atoms with van der Waals surface area (Å²) < 4.78 is 0. The zero-order valence-electron chi connectivity index (χ0n) is 6.67. The average molecular weight is 141 g/mol. The van der Waals surface area contributed by atoms with Crippen molar-refractivity contribution in [2.45, 2.75) is 32.7 Å². The minimum atomic E-state index is 0.558. The lowest BCUT2D eigenvalue weighted by atomic mass is 9.95. The minimum absolute atomic E-state index is 0.558. The Hall–Kier alpha value is -0.600. The molecule has 0 aromatic heterocycles. The van der Waals surface area contributed by atoms with E-state index in [1.54, 1.807) is 0 Å². The maximum atomic E-state index is 3.94. The molecule has 0 aliphatic carbocycles. The van der Waals surface area contributed by atoms with Crippen molar-refractivity contribution in [3.8, 4) is 0 Å². The minimum Gasteiger partial charge on any atom is -0.288 e. The van der Waals surface area contributed by atoms with Gasteiger partial charge in [0.05, 0.1) is 12.6 Å². The second-order valence-corrected chi connectivity index (χ2v) is 2.74. The van der Waals surface area contributed by atoms with Gasteiger partial charge in [0.25, 0.3) is 0 Å². The Labute approximate surface area is 61.9 Å². The summed E-state index contributed by atoms with van der Waals surface area (Å²) in [6, 6.07) is 0.558. The maximum Gasteiger partial charge on any atom is 0.0668 e. The molecule has 0 amide bonds. The first-order valence-electron chi connectivity index (χ1n) is 4.00. The van der Waals surface area contributed by atoms with Crippen LogP contribution in [0.5, 0.6) is 0 Å². The van der Waals surface area contributed by atoms with Crippen molar-refractivity contribution in [3.05, 3.63) is 0 Å². The number of nitrogens with zero attached hydrogens (tertiary/aromatic N) is 2. The molecule has 10 heavy (non-hydrogen) atoms. The molecule has 0 aromatic rings. The first kappa shape index (κ1) is 7.51. The molecule has 0 fully saturated rings. The molecule has 3 nitrogen and oxygen atoms in total. The molecule has 0 saturated carbocycles. The Morgan fingerprint density at radius 2 is 2.20 bits per heavy atom. The largest absolute Gasteiger partial charge is 0.288 e. The topological polar surface area (TPSA) is 36.8 Å². The van der Waals surface area contributed by atoms with Crippen LogP contribution < -0.4 is 5.43 Å². The van der Waals surface area contributed by atoms with Crippen molar-refractivity contribution in [1.82, 2.24) is 5.43 Å². The zero-order chi connectivity index (χ0) is 7.40. The predicted molar refractivity (Wildman–Crippen MR) is 40.7 cm³/mol. The van der Waals surface area contributed by atoms with Gasteiger partial charge in [-0.25, -0.2) is 0 Å². The van der Waals surface area contributed by atoms with Gasteiger partial charge in [0.2, 0.25) is 0 Å². The van der Waals surface area contributed by atoms with Crippen LogP contribution in [-0.4, -0.2) is 12.6 Å². The highest BCUT2D eigenvalue weighted by Gasteiger charge is 2.19. The summed E-state index contributed by atoms with van der Waals surface area (Å²) >= 11 is 0. The van der Waals surface area contributed by atoms with E-state index in [9.17, 15) is 0 Å². The summed E-state index contributed by atoms with van der Waals surface area (Å²) in [5.41, 5.74) is 3.03. The Bertz CT molecular complexity index is 108. The highest BCUT2D eigenvalue weighted by atomic mass is 15.4. The van der Waals surface area contributed by atoms with Crippen molar-refractivity contribution in [3.63, 3.8) is 0 Å². The predicted octanol–water partition coefficient (Wildman–Crippen LogP) is 1.76. The summed E-state index contributed by atoms with van der Waals surface area (Å²) in [6.07, 6.45) is 2.35. The van der Waals surface area contributed by atoms with Crippen LogP contribution in [0.2, 0.25) is 0 Å². The molecule has 1 aliphatic rings. The van der Waals surface area contributed by atoms with Gasteiger partial charge in [0.1, 0.15) is 0 Å². The summed E-state index contributed by atoms with van der Waals surface area (Å²) in [7, 11) is 0. The lowest BCUT2D eigenvalue weighted by Gasteiger charge is -2.25. The Kier molecular flexibility index (Phi) is 2.66. The Morgan fingerprint density at radius 1 is 1.40 bits per heavy atom. The van der Waals surface area contributed by atoms with E-state index in [4.69, 9.17) is 0 Å². The third-order valence-electron chi connectivity index (χ3n) is 2.14. The van der Waals surface area contributed by atoms with Crippen LogP contribution >= 0.6 is 0 Å². The highest BCUT2D eigenvalue weighted by molar-refractivity contribution is 4.76. The van der Waals surface area contributed by atoms with Crippen LogP contribution in [0.3, 0.4) is 0 Å². The fraction of sp³-hybridized carbons (Fsp3) is 1.00. The van der Waals surface area contributed by atoms with Crippen molar-refractivity contribution >= 4 is 0 Å². The quantitative estimate of drug-likeness (QED) is 0.625. The standard InChI is InChI=1S/C7H15N3/c1-3-6-5-8-10-9-7(6)4-2/h6-7H,3-5H2,1-2H3,(H,8,9). The monoisotopic (exact) mass is 141 g/mol. The van der Waals surface area contributed by atoms with E-state index in [2.05, 4.69) is 29.6 Å². The summed E-state index contributed by atoms with van der Waals surface area (Å²) in [5.74, 6) is 0.697. The maximum absolute atomic E-state index is 3.94. The molecule has 2 atom stereocenters. The lowest BCUT2D eigenvalue weighted by Crippen LogP contribution is -2.36. The number of hydrogen-bond donors (Lipinski definition) is 1. The van der Waals surface area contributed by atoms with Gasteiger partial charge in [-0.3, -0.25) is 5.43 Å². The second-order valence-electron chi connectivity index (χ2n) is 2.74. The van der Waals surface area contributed by atoms with Gasteiger partial charge in [-0.1, -0.05) is 19.1 Å². The molecule has 58 valence electrons. The van der Waals surface area contributed by atoms with Crippen LogP contribution in [0, 0.1) is 5.92 Å². The molecule has 0 saturated heterocycles. The first-order chi connectivity index (χ1) is 4.88. The van der Waals surface area contributed by atoms with Crippen molar-refractivity contribution < 1.29 is 0 Å². The molecule has 1 heterocycles. The Balaban J connectivity index is 2.45. The molecule has 1 aliphatic heterocycles. The molecule has 1 rings (SSSR count). The SMILES string of the molecule is CCC1CN=NNC1CC. The third-order valence-corrected chi connectivity index (χ3v) is 2.14. The smallest absolute Gasteiger partial charge is 0.0668 e. The normalized spacial score (nSPS) is 31.8. The number of rotatable bonds is 2. The summed E-state index contributed by atoms with van der Waals surface area (Å²) in [4.78, 5) is 0. The van der Waals surface area contributed by atoms with Gasteiger partial charge in [-0.05, 0) is 12.8 Å². The van der Waals surface area contributed by atoms with E-state index in [0.717, 1.165) is 13.0 Å². The molecule has 1 N–H and O–H groups in total. The van der Waals surface area contributed by atoms with Crippen LogP contribution in [0.4, 0.5) is 0 Å². The summed E-state index contributed by atoms with van der Waals surface area (Å²) in [6.45, 7) is 5.29. The van der Waals surface area contributed by atoms with Gasteiger partial charge in [-0.15, -0.1) is 0 Å². The molecule has 0 radical (unpaired) electrons. The lowest BCUT2D eigenvalue weighted by molar-refractivity contribution is 0.302. The van der Waals surface area contributed by atoms with E-state index >= 15 is 0 Å². The Morgan fingerprint density at radius 3 is 2.70 bits per heavy atom. The van der Waals surface area contributed by atoms with Gasteiger partial charge in [0.15, 0.2) is 0 Å². The van der Waals surface area contributed by atoms with Crippen LogP contribution in [-0.2, 0) is 0 Å². The van der Waals surface area contributed by atoms with Crippen molar-refractivity contribution in [2.24, 2.45) is 16.3 Å². The molecular formula is C7H15N3. The van der Waals surface area contributed by atoms with Crippen LogP contribution in [0.25, 0.3) is 0 Å². The number of nitrogens with one attached hydrogen (secondary N) is 1. The van der Waals surface area contributed by atoms with E-state index in [-0.39, 0.29) is 0 Å². The van der Waals surface area contributed by atoms with E-state index in [0.29, 0.717) is 12.0 Å². The summed E-state index contributed by atoms with van der Waals surface area (Å²) in [5, 5.41) is 7.74. The first-order valence-corrected chi connectivity index (χ1v) is 4.00. The molecule has 3 heteroatoms. The van der Waals surface area contributed by atoms with Crippen LogP contribution in [0.1, 0.15) is 26.7 Å². The molecular weight excluding hydrogens is 126 g/mol. The fourth-order valence-electron chi connectivity index (χ4n) is 1.33. The van der Waals surface area contributed by atoms with Crippen LogP contribution in [0.15, 0.2) is 10.3 Å². The average Bonchev–Trinajstić information content (AvgIpc) is 2.04. The van der Waals surface area contributed by atoms with Gasteiger partial charge < -0.3 is 0 Å². The second kappa shape index (κ2) is 3.54. The third kappa shape index (κ3) is 1.46. The van der Waals surface area contributed by atoms with Gasteiger partial charge in [-0.2, -0.15) is 5.11 Å². The van der Waals surface area contributed by atoms with Gasteiger partial charge in [0, 0.05) is 5.92 Å². The number of hydrogen-bond acceptors (Lipinski definition) is 3. The zero-order valence-corrected chi connectivity index (χ0v) is 6.67. The molecule has 2 unspecified atom stereocenters. The molecule has 0 aromatic carbocycles. The van der Waals surface area contributed by atoms with Crippen molar-refractivity contribution in [1.29, 1.82) is 0 Å². The fourth-order valence-corrected chi connectivity index (χ4v) is 1.33. The molecule has 0 bridgehead atoms. The van der Waals surface area contributed by atoms with E-state index in [1.165, 1.54) is 6.42 Å². The highest BCUT2D eigenvalue weighted by Crippen LogP contribution is 2.15. The van der Waals surface area contributed by atoms with E-state index in [1.807, 2.05) is 0 Å². The van der Waals surface area contributed by atoms with E-state index < -0.39 is 0 Å².